The van der Waals surface area contributed by atoms with Crippen molar-refractivity contribution in [3.63, 3.8) is 0 Å². The molecule has 6 heterocycles. The highest BCUT2D eigenvalue weighted by Crippen LogP contribution is 2.50. The van der Waals surface area contributed by atoms with Gasteiger partial charge in [-0.1, -0.05) is 17.8 Å². The third-order valence-corrected chi connectivity index (χ3v) is 10.1. The Hall–Kier alpha value is -3.19. The number of hydrogen-bond acceptors (Lipinski definition) is 12. The Balaban J connectivity index is 1.02. The number of anilines is 3. The topological polar surface area (TPSA) is 138 Å². The average molecular weight is 577 g/mol. The van der Waals surface area contributed by atoms with E-state index in [9.17, 15) is 0 Å². The van der Waals surface area contributed by atoms with E-state index in [2.05, 4.69) is 25.8 Å². The highest BCUT2D eigenvalue weighted by atomic mass is 32.2. The maximum Gasteiger partial charge on any atom is 0.175 e. The molecule has 4 N–H and O–H groups in total. The SMILES string of the molecule is COCOCC1C[C@@H]2COc3c(Sc4ncc(N5CCC6(CC5)Cc5ncccc5[C@H]6N)nc4N)ccnc3N2C1. The molecule has 3 aromatic rings. The Bertz CT molecular complexity index is 1420. The zero-order valence-electron chi connectivity index (χ0n) is 23.2. The molecule has 0 amide bonds. The van der Waals surface area contributed by atoms with Gasteiger partial charge in [0.25, 0.3) is 0 Å². The fourth-order valence-electron chi connectivity index (χ4n) is 6.91. The second-order valence-corrected chi connectivity index (χ2v) is 12.6. The van der Waals surface area contributed by atoms with Gasteiger partial charge in [-0.3, -0.25) is 4.98 Å². The molecule has 1 spiro atoms. The van der Waals surface area contributed by atoms with Crippen LogP contribution in [0.4, 0.5) is 17.5 Å². The zero-order valence-corrected chi connectivity index (χ0v) is 24.1. The summed E-state index contributed by atoms with van der Waals surface area (Å²) in [5.74, 6) is 3.28. The van der Waals surface area contributed by atoms with Gasteiger partial charge >= 0.3 is 0 Å². The van der Waals surface area contributed by atoms with E-state index >= 15 is 0 Å². The van der Waals surface area contributed by atoms with Crippen LogP contribution in [0.3, 0.4) is 0 Å². The molecule has 1 aliphatic carbocycles. The molecule has 41 heavy (non-hydrogen) atoms. The van der Waals surface area contributed by atoms with Crippen LogP contribution < -0.4 is 26.0 Å². The van der Waals surface area contributed by atoms with E-state index in [0.29, 0.717) is 42.8 Å². The van der Waals surface area contributed by atoms with Crippen molar-refractivity contribution >= 4 is 29.2 Å². The number of nitrogen functional groups attached to an aromatic ring is 1. The van der Waals surface area contributed by atoms with Crippen molar-refractivity contribution in [2.45, 2.75) is 47.7 Å². The molecule has 2 saturated heterocycles. The van der Waals surface area contributed by atoms with Crippen LogP contribution in [-0.2, 0) is 15.9 Å². The Labute approximate surface area is 244 Å². The Morgan fingerprint density at radius 3 is 2.85 bits per heavy atom. The summed E-state index contributed by atoms with van der Waals surface area (Å²) in [7, 11) is 1.64. The average Bonchev–Trinajstić information content (AvgIpc) is 3.53. The number of piperidine rings is 1. The van der Waals surface area contributed by atoms with Gasteiger partial charge in [0.2, 0.25) is 0 Å². The van der Waals surface area contributed by atoms with Crippen LogP contribution in [0.2, 0.25) is 0 Å². The maximum absolute atomic E-state index is 6.73. The number of aromatic nitrogens is 4. The van der Waals surface area contributed by atoms with E-state index in [1.165, 1.54) is 17.3 Å². The molecule has 0 bridgehead atoms. The van der Waals surface area contributed by atoms with Crippen molar-refractivity contribution in [3.05, 3.63) is 48.0 Å². The van der Waals surface area contributed by atoms with Gasteiger partial charge in [0.05, 0.1) is 23.7 Å². The summed E-state index contributed by atoms with van der Waals surface area (Å²) in [5, 5.41) is 0.660. The van der Waals surface area contributed by atoms with E-state index in [1.807, 2.05) is 30.7 Å². The normalized spacial score (nSPS) is 24.2. The maximum atomic E-state index is 6.73. The molecule has 11 nitrogen and oxygen atoms in total. The zero-order chi connectivity index (χ0) is 28.0. The number of fused-ring (bicyclic) bond motifs is 4. The molecule has 2 fully saturated rings. The lowest BCUT2D eigenvalue weighted by molar-refractivity contribution is -0.0414. The first-order valence-electron chi connectivity index (χ1n) is 14.2. The summed E-state index contributed by atoms with van der Waals surface area (Å²) in [6, 6.07) is 6.39. The van der Waals surface area contributed by atoms with Crippen LogP contribution in [0.25, 0.3) is 0 Å². The van der Waals surface area contributed by atoms with Crippen LogP contribution in [0.1, 0.15) is 36.6 Å². The van der Waals surface area contributed by atoms with Gasteiger partial charge < -0.3 is 35.5 Å². The summed E-state index contributed by atoms with van der Waals surface area (Å²) in [4.78, 5) is 24.3. The molecule has 3 atom stereocenters. The molecule has 0 saturated carbocycles. The lowest BCUT2D eigenvalue weighted by Gasteiger charge is -2.42. The highest BCUT2D eigenvalue weighted by Gasteiger charge is 2.46. The van der Waals surface area contributed by atoms with Crippen LogP contribution in [-0.4, -0.2) is 72.7 Å². The molecule has 216 valence electrons. The summed E-state index contributed by atoms with van der Waals surface area (Å²) in [6.45, 7) is 4.21. The van der Waals surface area contributed by atoms with E-state index in [-0.39, 0.29) is 11.5 Å². The lowest BCUT2D eigenvalue weighted by Crippen LogP contribution is -2.44. The van der Waals surface area contributed by atoms with Crippen LogP contribution in [0.5, 0.6) is 5.75 Å². The standard InChI is InChI=1S/C29H36N8O3S/c1-38-17-39-15-18-11-19-16-40-24-22(4-8-33-27(24)37(19)14-18)41-28-26(31)35-23(13-34-28)36-9-5-29(6-10-36)12-21-20(25(29)30)3-2-7-32-21/h2-4,7-8,13,18-19,25H,5-6,9-12,14-17,30H2,1H3,(H2,31,35)/t18?,19-,25-/m1/s1. The Morgan fingerprint density at radius 1 is 1.17 bits per heavy atom. The minimum Gasteiger partial charge on any atom is -0.486 e. The molecule has 1 unspecified atom stereocenters. The fourth-order valence-corrected chi connectivity index (χ4v) is 7.75. The number of nitrogens with zero attached hydrogens (tertiary/aromatic N) is 6. The molecular weight excluding hydrogens is 540 g/mol. The smallest absolute Gasteiger partial charge is 0.175 e. The first-order valence-corrected chi connectivity index (χ1v) is 15.1. The molecule has 12 heteroatoms. The minimum absolute atomic E-state index is 0.0301. The second-order valence-electron chi connectivity index (χ2n) is 11.5. The van der Waals surface area contributed by atoms with Crippen molar-refractivity contribution in [2.75, 3.05) is 62.3 Å². The molecule has 0 aromatic carbocycles. The van der Waals surface area contributed by atoms with Gasteiger partial charge in [0, 0.05) is 56.8 Å². The van der Waals surface area contributed by atoms with E-state index in [4.69, 9.17) is 35.6 Å². The van der Waals surface area contributed by atoms with Crippen LogP contribution in [0.15, 0.2) is 46.7 Å². The minimum atomic E-state index is 0.0301. The summed E-state index contributed by atoms with van der Waals surface area (Å²) < 4.78 is 16.9. The monoisotopic (exact) mass is 576 g/mol. The van der Waals surface area contributed by atoms with Gasteiger partial charge in [-0.25, -0.2) is 15.0 Å². The number of hydrogen-bond donors (Lipinski definition) is 2. The highest BCUT2D eigenvalue weighted by molar-refractivity contribution is 7.99. The summed E-state index contributed by atoms with van der Waals surface area (Å²) >= 11 is 1.47. The number of ether oxygens (including phenoxy) is 3. The van der Waals surface area contributed by atoms with Gasteiger partial charge in [-0.05, 0) is 48.8 Å². The third kappa shape index (κ3) is 4.86. The molecule has 0 radical (unpaired) electrons. The first-order chi connectivity index (χ1) is 20.0. The quantitative estimate of drug-likeness (QED) is 0.316. The van der Waals surface area contributed by atoms with E-state index < -0.39 is 0 Å². The van der Waals surface area contributed by atoms with E-state index in [0.717, 1.165) is 73.3 Å². The third-order valence-electron chi connectivity index (χ3n) is 9.08. The van der Waals surface area contributed by atoms with Crippen molar-refractivity contribution < 1.29 is 14.2 Å². The molecule has 4 aliphatic rings. The molecule has 3 aliphatic heterocycles. The molecular formula is C29H36N8O3S. The molecule has 3 aromatic heterocycles. The fraction of sp³-hybridized carbons (Fsp3) is 0.517. The van der Waals surface area contributed by atoms with Crippen molar-refractivity contribution in [3.8, 4) is 5.75 Å². The van der Waals surface area contributed by atoms with Crippen molar-refractivity contribution in [1.29, 1.82) is 0 Å². The van der Waals surface area contributed by atoms with Crippen LogP contribution >= 0.6 is 11.8 Å². The Kier molecular flexibility index (Phi) is 7.10. The predicted molar refractivity (Wildman–Crippen MR) is 156 cm³/mol. The van der Waals surface area contributed by atoms with E-state index in [1.54, 1.807) is 7.11 Å². The van der Waals surface area contributed by atoms with Crippen molar-refractivity contribution in [1.82, 2.24) is 19.9 Å². The second kappa shape index (κ2) is 10.9. The summed E-state index contributed by atoms with van der Waals surface area (Å²) in [5.41, 5.74) is 15.6. The van der Waals surface area contributed by atoms with Crippen LogP contribution in [0, 0.1) is 11.3 Å². The number of nitrogens with two attached hydrogens (primary N) is 2. The van der Waals surface area contributed by atoms with Gasteiger partial charge in [0.1, 0.15) is 24.2 Å². The Morgan fingerprint density at radius 2 is 2.05 bits per heavy atom. The number of methoxy groups -OCH3 is 1. The van der Waals surface area contributed by atoms with Gasteiger partial charge in [0.15, 0.2) is 17.4 Å². The predicted octanol–water partition coefficient (Wildman–Crippen LogP) is 3.05. The van der Waals surface area contributed by atoms with Crippen molar-refractivity contribution in [2.24, 2.45) is 17.1 Å². The lowest BCUT2D eigenvalue weighted by atomic mass is 9.73. The first kappa shape index (κ1) is 26.7. The number of rotatable bonds is 7. The van der Waals surface area contributed by atoms with Gasteiger partial charge in [-0.15, -0.1) is 0 Å². The summed E-state index contributed by atoms with van der Waals surface area (Å²) in [6.07, 6.45) is 9.45. The molecule has 7 rings (SSSR count). The number of pyridine rings is 2. The largest absolute Gasteiger partial charge is 0.486 e. The van der Waals surface area contributed by atoms with Gasteiger partial charge in [-0.2, -0.15) is 0 Å².